The molecule has 30 heavy (non-hydrogen) atoms. The summed E-state index contributed by atoms with van der Waals surface area (Å²) in [5.41, 5.74) is 2.16. The monoisotopic (exact) mass is 430 g/mol. The predicted octanol–water partition coefficient (Wildman–Crippen LogP) is 3.13. The molecular weight excluding hydrogens is 400 g/mol. The normalized spacial score (nSPS) is 24.2. The van der Waals surface area contributed by atoms with E-state index >= 15 is 0 Å². The molecule has 2 fully saturated rings. The molecule has 162 valence electrons. The molecule has 2 aromatic carbocycles. The summed E-state index contributed by atoms with van der Waals surface area (Å²) in [6.07, 6.45) is 1.59. The van der Waals surface area contributed by atoms with Gasteiger partial charge in [-0.15, -0.1) is 0 Å². The fourth-order valence-corrected chi connectivity index (χ4v) is 6.89. The van der Waals surface area contributed by atoms with E-state index in [4.69, 9.17) is 9.47 Å². The van der Waals surface area contributed by atoms with E-state index in [1.54, 1.807) is 18.5 Å². The number of rotatable bonds is 6. The van der Waals surface area contributed by atoms with Crippen molar-refractivity contribution in [3.63, 3.8) is 0 Å². The van der Waals surface area contributed by atoms with Crippen LogP contribution in [0.1, 0.15) is 24.0 Å². The number of ether oxygens (including phenoxy) is 2. The summed E-state index contributed by atoms with van der Waals surface area (Å²) in [5.74, 6) is 1.80. The molecule has 2 atom stereocenters. The molecule has 2 aromatic rings. The van der Waals surface area contributed by atoms with Crippen LogP contribution in [-0.4, -0.2) is 56.7 Å². The van der Waals surface area contributed by atoms with Crippen molar-refractivity contribution in [2.45, 2.75) is 31.2 Å². The van der Waals surface area contributed by atoms with Crippen LogP contribution in [-0.2, 0) is 23.1 Å². The van der Waals surface area contributed by atoms with Gasteiger partial charge in [0.05, 0.1) is 19.5 Å². The van der Waals surface area contributed by atoms with Gasteiger partial charge in [-0.25, -0.2) is 8.42 Å². The topological polar surface area (TPSA) is 59.1 Å². The fraction of sp³-hybridized carbons (Fsp3) is 0.478. The van der Waals surface area contributed by atoms with Gasteiger partial charge in [0.1, 0.15) is 11.5 Å². The second kappa shape index (κ2) is 8.96. The van der Waals surface area contributed by atoms with Crippen molar-refractivity contribution in [1.29, 1.82) is 0 Å². The Morgan fingerprint density at radius 2 is 1.50 bits per heavy atom. The van der Waals surface area contributed by atoms with E-state index < -0.39 is 10.0 Å². The largest absolute Gasteiger partial charge is 0.497 e. The van der Waals surface area contributed by atoms with Crippen molar-refractivity contribution in [3.05, 3.63) is 59.7 Å². The van der Waals surface area contributed by atoms with Crippen LogP contribution in [0.25, 0.3) is 0 Å². The molecule has 2 heterocycles. The van der Waals surface area contributed by atoms with E-state index in [0.29, 0.717) is 19.5 Å². The first-order valence-electron chi connectivity index (χ1n) is 10.5. The molecule has 0 amide bonds. The van der Waals surface area contributed by atoms with Gasteiger partial charge < -0.3 is 9.47 Å². The Balaban J connectivity index is 1.41. The number of hydrogen-bond donors (Lipinski definition) is 0. The summed E-state index contributed by atoms with van der Waals surface area (Å²) < 4.78 is 38.8. The number of methoxy groups -OCH3 is 2. The van der Waals surface area contributed by atoms with Gasteiger partial charge in [0.2, 0.25) is 10.0 Å². The number of hydrogen-bond acceptors (Lipinski definition) is 5. The minimum absolute atomic E-state index is 0.191. The van der Waals surface area contributed by atoms with Crippen LogP contribution >= 0.6 is 0 Å². The number of nitrogens with zero attached hydrogens (tertiary/aromatic N) is 2. The Kier molecular flexibility index (Phi) is 6.32. The van der Waals surface area contributed by atoms with Crippen molar-refractivity contribution >= 4 is 10.0 Å². The summed E-state index contributed by atoms with van der Waals surface area (Å²) in [6.45, 7) is 3.56. The molecule has 0 bridgehead atoms. The third-order valence-corrected chi connectivity index (χ3v) is 8.67. The smallest absolute Gasteiger partial charge is 0.217 e. The Morgan fingerprint density at radius 3 is 2.13 bits per heavy atom. The number of likely N-dealkylation sites (tertiary alicyclic amines) is 1. The van der Waals surface area contributed by atoms with E-state index in [0.717, 1.165) is 43.1 Å². The van der Waals surface area contributed by atoms with E-state index in [1.165, 1.54) is 5.56 Å². The number of benzene rings is 2. The van der Waals surface area contributed by atoms with Gasteiger partial charge in [0, 0.05) is 19.6 Å². The van der Waals surface area contributed by atoms with Gasteiger partial charge in [-0.2, -0.15) is 4.31 Å². The summed E-state index contributed by atoms with van der Waals surface area (Å²) in [5, 5.41) is -0.279. The molecular formula is C23H30N2O4S. The van der Waals surface area contributed by atoms with Gasteiger partial charge in [-0.05, 0) is 67.2 Å². The van der Waals surface area contributed by atoms with Crippen molar-refractivity contribution in [1.82, 2.24) is 9.21 Å². The molecule has 0 aliphatic carbocycles. The number of sulfonamides is 1. The van der Waals surface area contributed by atoms with Crippen LogP contribution in [0.4, 0.5) is 0 Å². The van der Waals surface area contributed by atoms with Crippen LogP contribution in [0.2, 0.25) is 0 Å². The third-order valence-electron chi connectivity index (χ3n) is 6.29. The Hall–Kier alpha value is -2.09. The molecule has 0 spiro atoms. The Bertz CT molecular complexity index is 979. The van der Waals surface area contributed by atoms with Gasteiger partial charge in [-0.3, -0.25) is 4.90 Å². The maximum Gasteiger partial charge on any atom is 0.217 e. The van der Waals surface area contributed by atoms with Gasteiger partial charge in [0.25, 0.3) is 0 Å². The Labute approximate surface area is 179 Å². The highest BCUT2D eigenvalue weighted by molar-refractivity contribution is 7.90. The lowest BCUT2D eigenvalue weighted by molar-refractivity contribution is 0.266. The van der Waals surface area contributed by atoms with Gasteiger partial charge in [0.15, 0.2) is 0 Å². The molecule has 6 nitrogen and oxygen atoms in total. The molecule has 2 aliphatic heterocycles. The minimum atomic E-state index is -3.29. The van der Waals surface area contributed by atoms with Gasteiger partial charge in [-0.1, -0.05) is 24.3 Å². The second-order valence-corrected chi connectivity index (χ2v) is 10.3. The van der Waals surface area contributed by atoms with Crippen LogP contribution in [0.5, 0.6) is 11.5 Å². The Morgan fingerprint density at radius 1 is 0.900 bits per heavy atom. The standard InChI is InChI=1S/C23H30N2O4S/c1-28-21-7-3-5-18(13-21)15-24-11-9-20-17-25(30(26,27)23(20)10-12-24)16-19-6-4-8-22(14-19)29-2/h3-8,13-14,20,23H,9-12,15-17H2,1-2H3/t20-,23-/m1/s1. The van der Waals surface area contributed by atoms with Crippen molar-refractivity contribution in [2.24, 2.45) is 5.92 Å². The lowest BCUT2D eigenvalue weighted by Gasteiger charge is -2.22. The lowest BCUT2D eigenvalue weighted by atomic mass is 10.0. The molecule has 4 rings (SSSR count). The second-order valence-electron chi connectivity index (χ2n) is 8.19. The average molecular weight is 431 g/mol. The number of fused-ring (bicyclic) bond motifs is 1. The predicted molar refractivity (Wildman–Crippen MR) is 117 cm³/mol. The SMILES string of the molecule is COc1cccc(CN2CC[C@@H]3CN(Cc4cccc(OC)c4)S(=O)(=O)[C@@H]3CC2)c1. The highest BCUT2D eigenvalue weighted by Gasteiger charge is 2.46. The summed E-state index contributed by atoms with van der Waals surface area (Å²) in [6, 6.07) is 15.8. The fourth-order valence-electron chi connectivity index (χ4n) is 4.67. The van der Waals surface area contributed by atoms with Crippen LogP contribution in [0.3, 0.4) is 0 Å². The molecule has 0 saturated carbocycles. The van der Waals surface area contributed by atoms with Crippen molar-refractivity contribution < 1.29 is 17.9 Å². The zero-order chi connectivity index (χ0) is 21.1. The van der Waals surface area contributed by atoms with E-state index in [9.17, 15) is 8.42 Å². The van der Waals surface area contributed by atoms with Crippen LogP contribution in [0.15, 0.2) is 48.5 Å². The average Bonchev–Trinajstić information content (AvgIpc) is 2.87. The molecule has 0 unspecified atom stereocenters. The minimum Gasteiger partial charge on any atom is -0.497 e. The molecule has 0 N–H and O–H groups in total. The molecule has 7 heteroatoms. The molecule has 0 aromatic heterocycles. The first-order valence-corrected chi connectivity index (χ1v) is 12.0. The van der Waals surface area contributed by atoms with Crippen LogP contribution in [0, 0.1) is 5.92 Å². The quantitative estimate of drug-likeness (QED) is 0.705. The molecule has 0 radical (unpaired) electrons. The maximum absolute atomic E-state index is 13.2. The third kappa shape index (κ3) is 4.48. The highest BCUT2D eigenvalue weighted by Crippen LogP contribution is 2.35. The van der Waals surface area contributed by atoms with E-state index in [1.807, 2.05) is 36.4 Å². The summed E-state index contributed by atoms with van der Waals surface area (Å²) in [7, 11) is 0.0108. The van der Waals surface area contributed by atoms with Crippen molar-refractivity contribution in [3.8, 4) is 11.5 Å². The highest BCUT2D eigenvalue weighted by atomic mass is 32.2. The summed E-state index contributed by atoms with van der Waals surface area (Å²) >= 11 is 0. The summed E-state index contributed by atoms with van der Waals surface area (Å²) in [4.78, 5) is 2.37. The van der Waals surface area contributed by atoms with Crippen molar-refractivity contribution in [2.75, 3.05) is 33.9 Å². The van der Waals surface area contributed by atoms with Crippen LogP contribution < -0.4 is 9.47 Å². The van der Waals surface area contributed by atoms with Gasteiger partial charge >= 0.3 is 0 Å². The first kappa shape index (κ1) is 21.2. The molecule has 2 saturated heterocycles. The maximum atomic E-state index is 13.2. The van der Waals surface area contributed by atoms with E-state index in [2.05, 4.69) is 17.0 Å². The zero-order valence-corrected chi connectivity index (χ0v) is 18.5. The molecule has 2 aliphatic rings. The van der Waals surface area contributed by atoms with E-state index in [-0.39, 0.29) is 11.2 Å². The zero-order valence-electron chi connectivity index (χ0n) is 17.7. The first-order chi connectivity index (χ1) is 14.5. The lowest BCUT2D eigenvalue weighted by Crippen LogP contribution is -2.31.